The molecule has 0 bridgehead atoms. The van der Waals surface area contributed by atoms with Gasteiger partial charge in [0.15, 0.2) is 6.29 Å². The van der Waals surface area contributed by atoms with Crippen LogP contribution in [0.25, 0.3) is 0 Å². The largest absolute Gasteiger partial charge is 0.394 e. The van der Waals surface area contributed by atoms with Crippen LogP contribution in [-0.2, 0) is 14.3 Å². The van der Waals surface area contributed by atoms with Crippen LogP contribution in [0.4, 0.5) is 0 Å². The molecule has 1 amide bonds. The minimum atomic E-state index is -1.59. The van der Waals surface area contributed by atoms with E-state index in [0.717, 1.165) is 64.2 Å². The van der Waals surface area contributed by atoms with E-state index < -0.39 is 49.5 Å². The quantitative estimate of drug-likeness (QED) is 0.0261. The fourth-order valence-corrected chi connectivity index (χ4v) is 8.30. The molecule has 9 nitrogen and oxygen atoms in total. The van der Waals surface area contributed by atoms with Crippen LogP contribution in [0.2, 0.25) is 0 Å². The number of unbranched alkanes of at least 4 members (excludes halogenated alkanes) is 24. The van der Waals surface area contributed by atoms with Gasteiger partial charge in [0.2, 0.25) is 5.91 Å². The van der Waals surface area contributed by atoms with Crippen molar-refractivity contribution in [2.45, 2.75) is 269 Å². The number of allylic oxidation sites excluding steroid dienone is 13. The average molecular weight is 954 g/mol. The summed E-state index contributed by atoms with van der Waals surface area (Å²) in [5, 5.41) is 54.3. The van der Waals surface area contributed by atoms with Gasteiger partial charge in [-0.15, -0.1) is 0 Å². The molecule has 1 rings (SSSR count). The van der Waals surface area contributed by atoms with Gasteiger partial charge in [0.05, 0.1) is 25.4 Å². The number of rotatable bonds is 46. The van der Waals surface area contributed by atoms with Crippen molar-refractivity contribution in [3.63, 3.8) is 0 Å². The van der Waals surface area contributed by atoms with Gasteiger partial charge in [0.25, 0.3) is 0 Å². The third-order valence-corrected chi connectivity index (χ3v) is 12.7. The first-order chi connectivity index (χ1) is 33.3. The van der Waals surface area contributed by atoms with Gasteiger partial charge in [-0.25, -0.2) is 0 Å². The molecule has 68 heavy (non-hydrogen) atoms. The standard InChI is InChI=1S/C59H103NO8/c1-3-5-7-9-11-13-15-17-19-20-21-22-23-24-25-26-27-28-29-30-31-32-33-35-36-38-40-42-44-46-48-53(62)52(51-67-59-58(66)57(65)56(64)54(50-61)68-59)60-55(63)49-47-45-43-41-39-37-34-18-16-14-12-10-8-6-4-2/h6,8,12,14,18,32-34,38-41,46,48,52-54,56-59,61-62,64-66H,3-5,7,9-11,13,15-17,19-31,35-37,42-45,47,49-51H2,1-2H3,(H,60,63)/b8-6-,14-12-,33-32+,34-18-,40-38+,41-39-,48-46+. The fraction of sp³-hybridized carbons (Fsp3) is 0.746. The van der Waals surface area contributed by atoms with Gasteiger partial charge < -0.3 is 40.3 Å². The van der Waals surface area contributed by atoms with Gasteiger partial charge in [0.1, 0.15) is 24.4 Å². The molecule has 0 saturated carbocycles. The second-order valence-corrected chi connectivity index (χ2v) is 19.0. The van der Waals surface area contributed by atoms with Crippen LogP contribution in [0, 0.1) is 0 Å². The molecule has 1 aliphatic rings. The summed E-state index contributed by atoms with van der Waals surface area (Å²) in [5.41, 5.74) is 0. The highest BCUT2D eigenvalue weighted by atomic mass is 16.7. The van der Waals surface area contributed by atoms with Crippen LogP contribution in [-0.4, -0.2) is 87.5 Å². The lowest BCUT2D eigenvalue weighted by Crippen LogP contribution is -2.60. The molecule has 1 fully saturated rings. The van der Waals surface area contributed by atoms with E-state index >= 15 is 0 Å². The number of amides is 1. The number of carbonyl (C=O) groups excluding carboxylic acids is 1. The molecule has 1 heterocycles. The Morgan fingerprint density at radius 2 is 0.926 bits per heavy atom. The number of hydrogen-bond donors (Lipinski definition) is 6. The first-order valence-corrected chi connectivity index (χ1v) is 27.8. The molecule has 9 heteroatoms. The summed E-state index contributed by atoms with van der Waals surface area (Å²) >= 11 is 0. The van der Waals surface area contributed by atoms with Gasteiger partial charge in [0, 0.05) is 6.42 Å². The normalized spacial score (nSPS) is 20.2. The SMILES string of the molecule is CC/C=C\C/C=C\C/C=C\C/C=C\CCCCC(=O)NC(COC1OC(CO)C(O)C(O)C1O)C(O)/C=C/CC/C=C/CC/C=C/CCCCCCCCCCCCCCCCCCCCCC. The lowest BCUT2D eigenvalue weighted by Gasteiger charge is -2.40. The number of aliphatic hydroxyl groups is 5. The Balaban J connectivity index is 2.26. The molecule has 6 N–H and O–H groups in total. The Labute approximate surface area is 416 Å². The Hall–Kier alpha value is -2.63. The molecule has 0 aromatic rings. The van der Waals surface area contributed by atoms with E-state index in [4.69, 9.17) is 9.47 Å². The van der Waals surface area contributed by atoms with E-state index in [9.17, 15) is 30.3 Å². The van der Waals surface area contributed by atoms with E-state index in [-0.39, 0.29) is 18.9 Å². The maximum atomic E-state index is 13.0. The maximum absolute atomic E-state index is 13.0. The third kappa shape index (κ3) is 37.2. The molecule has 0 aromatic heterocycles. The summed E-state index contributed by atoms with van der Waals surface area (Å²) in [5.74, 6) is -0.234. The topological polar surface area (TPSA) is 149 Å². The zero-order valence-corrected chi connectivity index (χ0v) is 43.3. The Morgan fingerprint density at radius 3 is 1.41 bits per heavy atom. The van der Waals surface area contributed by atoms with Gasteiger partial charge in [-0.1, -0.05) is 221 Å². The van der Waals surface area contributed by atoms with Crippen molar-refractivity contribution >= 4 is 5.91 Å². The van der Waals surface area contributed by atoms with Crippen molar-refractivity contribution in [2.24, 2.45) is 0 Å². The first-order valence-electron chi connectivity index (χ1n) is 27.8. The maximum Gasteiger partial charge on any atom is 0.220 e. The highest BCUT2D eigenvalue weighted by Crippen LogP contribution is 2.23. The predicted octanol–water partition coefficient (Wildman–Crippen LogP) is 13.5. The van der Waals surface area contributed by atoms with E-state index in [1.807, 2.05) is 6.08 Å². The molecule has 0 spiro atoms. The van der Waals surface area contributed by atoms with Gasteiger partial charge in [-0.2, -0.15) is 0 Å². The zero-order chi connectivity index (χ0) is 49.4. The number of carbonyl (C=O) groups is 1. The first kappa shape index (κ1) is 63.4. The molecule has 7 unspecified atom stereocenters. The zero-order valence-electron chi connectivity index (χ0n) is 43.3. The molecular formula is C59H103NO8. The van der Waals surface area contributed by atoms with E-state index in [0.29, 0.717) is 12.8 Å². The van der Waals surface area contributed by atoms with Crippen molar-refractivity contribution in [3.8, 4) is 0 Å². The Morgan fingerprint density at radius 1 is 0.515 bits per heavy atom. The average Bonchev–Trinajstić information content (AvgIpc) is 3.34. The number of ether oxygens (including phenoxy) is 2. The van der Waals surface area contributed by atoms with Crippen molar-refractivity contribution in [1.82, 2.24) is 5.32 Å². The summed E-state index contributed by atoms with van der Waals surface area (Å²) in [6.45, 7) is 3.62. The minimum Gasteiger partial charge on any atom is -0.394 e. The molecule has 392 valence electrons. The lowest BCUT2D eigenvalue weighted by atomic mass is 9.99. The number of aliphatic hydroxyl groups excluding tert-OH is 5. The van der Waals surface area contributed by atoms with Crippen molar-refractivity contribution in [3.05, 3.63) is 85.1 Å². The van der Waals surface area contributed by atoms with Gasteiger partial charge in [-0.3, -0.25) is 4.79 Å². The van der Waals surface area contributed by atoms with Crippen molar-refractivity contribution in [2.75, 3.05) is 13.2 Å². The van der Waals surface area contributed by atoms with Crippen LogP contribution in [0.1, 0.15) is 226 Å². The summed E-state index contributed by atoms with van der Waals surface area (Å²) < 4.78 is 11.2. The highest BCUT2D eigenvalue weighted by Gasteiger charge is 2.44. The molecule has 0 aromatic carbocycles. The van der Waals surface area contributed by atoms with E-state index in [1.165, 1.54) is 128 Å². The second kappa shape index (κ2) is 48.0. The summed E-state index contributed by atoms with van der Waals surface area (Å²) in [4.78, 5) is 13.0. The van der Waals surface area contributed by atoms with Crippen molar-refractivity contribution in [1.29, 1.82) is 0 Å². The lowest BCUT2D eigenvalue weighted by molar-refractivity contribution is -0.302. The smallest absolute Gasteiger partial charge is 0.220 e. The number of nitrogens with one attached hydrogen (secondary N) is 1. The summed E-state index contributed by atoms with van der Waals surface area (Å²) in [6, 6.07) is -0.855. The predicted molar refractivity (Wildman–Crippen MR) is 285 cm³/mol. The molecule has 7 atom stereocenters. The van der Waals surface area contributed by atoms with Crippen LogP contribution < -0.4 is 5.32 Å². The summed E-state index contributed by atoms with van der Waals surface area (Å²) in [7, 11) is 0. The minimum absolute atomic E-state index is 0.227. The second-order valence-electron chi connectivity index (χ2n) is 19.0. The van der Waals surface area contributed by atoms with Crippen LogP contribution in [0.5, 0.6) is 0 Å². The highest BCUT2D eigenvalue weighted by molar-refractivity contribution is 5.76. The molecular weight excluding hydrogens is 851 g/mol. The Bertz CT molecular complexity index is 1340. The molecule has 0 radical (unpaired) electrons. The molecule has 1 aliphatic heterocycles. The third-order valence-electron chi connectivity index (χ3n) is 12.7. The molecule has 0 aliphatic carbocycles. The van der Waals surface area contributed by atoms with Crippen LogP contribution in [0.15, 0.2) is 85.1 Å². The van der Waals surface area contributed by atoms with Crippen molar-refractivity contribution < 1.29 is 39.8 Å². The molecule has 1 saturated heterocycles. The monoisotopic (exact) mass is 954 g/mol. The van der Waals surface area contributed by atoms with E-state index in [1.54, 1.807) is 6.08 Å². The van der Waals surface area contributed by atoms with E-state index in [2.05, 4.69) is 92.1 Å². The number of hydrogen-bond acceptors (Lipinski definition) is 8. The van der Waals surface area contributed by atoms with Gasteiger partial charge >= 0.3 is 0 Å². The fourth-order valence-electron chi connectivity index (χ4n) is 8.30. The Kier molecular flexibility index (Phi) is 44.8. The summed E-state index contributed by atoms with van der Waals surface area (Å²) in [6.07, 6.45) is 61.0. The van der Waals surface area contributed by atoms with Crippen LogP contribution in [0.3, 0.4) is 0 Å². The van der Waals surface area contributed by atoms with Crippen LogP contribution >= 0.6 is 0 Å². The van der Waals surface area contributed by atoms with Gasteiger partial charge in [-0.05, 0) is 83.5 Å².